The smallest absolute Gasteiger partial charge is 0.244 e. The molecule has 0 bridgehead atoms. The van der Waals surface area contributed by atoms with Gasteiger partial charge in [-0.15, -0.1) is 11.6 Å². The van der Waals surface area contributed by atoms with Gasteiger partial charge in [0.05, 0.1) is 5.69 Å². The van der Waals surface area contributed by atoms with E-state index in [-0.39, 0.29) is 5.91 Å². The van der Waals surface area contributed by atoms with E-state index in [1.807, 2.05) is 49.4 Å². The Hall–Kier alpha value is -1.54. The zero-order chi connectivity index (χ0) is 13.1. The van der Waals surface area contributed by atoms with Crippen molar-refractivity contribution < 1.29 is 4.79 Å². The van der Waals surface area contributed by atoms with Crippen LogP contribution in [0.2, 0.25) is 0 Å². The highest BCUT2D eigenvalue weighted by atomic mass is 35.5. The van der Waals surface area contributed by atoms with E-state index in [4.69, 9.17) is 11.6 Å². The van der Waals surface area contributed by atoms with Crippen LogP contribution in [0.5, 0.6) is 0 Å². The lowest BCUT2D eigenvalue weighted by molar-refractivity contribution is -0.117. The summed E-state index contributed by atoms with van der Waals surface area (Å²) in [5.41, 5.74) is 0.924. The minimum atomic E-state index is -0.510. The monoisotopic (exact) mass is 261 g/mol. The first-order valence-corrected chi connectivity index (χ1v) is 6.52. The number of carbonyl (C=O) groups excluding carboxylic acids is 1. The molecule has 2 rings (SSSR count). The van der Waals surface area contributed by atoms with Crippen molar-refractivity contribution in [1.29, 1.82) is 0 Å². The topological polar surface area (TPSA) is 20.3 Å². The van der Waals surface area contributed by atoms with E-state index in [2.05, 4.69) is 0 Å². The Morgan fingerprint density at radius 3 is 2.56 bits per heavy atom. The Balaban J connectivity index is 2.55. The summed E-state index contributed by atoms with van der Waals surface area (Å²) in [6, 6.07) is 14.0. The first kappa shape index (κ1) is 12.9. The second kappa shape index (κ2) is 5.40. The molecular formula is C15H16ClNO. The Labute approximate surface area is 112 Å². The average Bonchev–Trinajstić information content (AvgIpc) is 2.39. The van der Waals surface area contributed by atoms with Crippen molar-refractivity contribution in [1.82, 2.24) is 0 Å². The van der Waals surface area contributed by atoms with Gasteiger partial charge in [-0.2, -0.15) is 0 Å². The molecule has 2 nitrogen and oxygen atoms in total. The molecule has 0 saturated heterocycles. The Morgan fingerprint density at radius 2 is 1.89 bits per heavy atom. The molecule has 0 aliphatic carbocycles. The van der Waals surface area contributed by atoms with E-state index in [1.54, 1.807) is 11.8 Å². The highest BCUT2D eigenvalue weighted by Gasteiger charge is 2.19. The second-order valence-electron chi connectivity index (χ2n) is 4.20. The minimum absolute atomic E-state index is 0.0597. The molecule has 0 heterocycles. The highest BCUT2D eigenvalue weighted by molar-refractivity contribution is 6.32. The highest BCUT2D eigenvalue weighted by Crippen LogP contribution is 2.27. The zero-order valence-electron chi connectivity index (χ0n) is 10.6. The van der Waals surface area contributed by atoms with Gasteiger partial charge in [-0.25, -0.2) is 0 Å². The molecule has 1 atom stereocenters. The number of carbonyl (C=O) groups is 1. The number of alkyl halides is 1. The zero-order valence-corrected chi connectivity index (χ0v) is 11.3. The molecule has 0 saturated carbocycles. The standard InChI is InChI=1S/C15H16ClNO/c1-3-17(15(18)11(2)16)14-10-6-8-12-7-4-5-9-13(12)14/h4-11H,3H2,1-2H3/t11-/m0/s1. The summed E-state index contributed by atoms with van der Waals surface area (Å²) < 4.78 is 0. The van der Waals surface area contributed by atoms with E-state index in [0.717, 1.165) is 16.5 Å². The SMILES string of the molecule is CCN(C(=O)[C@H](C)Cl)c1cccc2ccccc12. The van der Waals surface area contributed by atoms with Crippen LogP contribution in [0.1, 0.15) is 13.8 Å². The number of nitrogens with zero attached hydrogens (tertiary/aromatic N) is 1. The lowest BCUT2D eigenvalue weighted by Gasteiger charge is -2.23. The number of hydrogen-bond donors (Lipinski definition) is 0. The van der Waals surface area contributed by atoms with Crippen molar-refractivity contribution in [3.05, 3.63) is 42.5 Å². The quantitative estimate of drug-likeness (QED) is 0.769. The lowest BCUT2D eigenvalue weighted by atomic mass is 10.1. The average molecular weight is 262 g/mol. The van der Waals surface area contributed by atoms with Crippen LogP contribution in [0.15, 0.2) is 42.5 Å². The summed E-state index contributed by atoms with van der Waals surface area (Å²) >= 11 is 5.91. The number of halogens is 1. The summed E-state index contributed by atoms with van der Waals surface area (Å²) in [5, 5.41) is 1.69. The van der Waals surface area contributed by atoms with Gasteiger partial charge in [0.15, 0.2) is 0 Å². The van der Waals surface area contributed by atoms with E-state index in [0.29, 0.717) is 6.54 Å². The normalized spacial score (nSPS) is 12.4. The Bertz CT molecular complexity index is 560. The number of anilines is 1. The van der Waals surface area contributed by atoms with Crippen molar-refractivity contribution in [3.8, 4) is 0 Å². The maximum absolute atomic E-state index is 12.1. The molecule has 2 aromatic carbocycles. The molecule has 0 N–H and O–H groups in total. The second-order valence-corrected chi connectivity index (χ2v) is 4.85. The van der Waals surface area contributed by atoms with E-state index >= 15 is 0 Å². The number of benzene rings is 2. The predicted molar refractivity (Wildman–Crippen MR) is 77.3 cm³/mol. The third-order valence-corrected chi connectivity index (χ3v) is 3.17. The number of fused-ring (bicyclic) bond motifs is 1. The van der Waals surface area contributed by atoms with Crippen LogP contribution >= 0.6 is 11.6 Å². The third-order valence-electron chi connectivity index (χ3n) is 2.98. The summed E-state index contributed by atoms with van der Waals surface area (Å²) in [7, 11) is 0. The van der Waals surface area contributed by atoms with Gasteiger partial charge in [0.2, 0.25) is 5.91 Å². The molecule has 0 radical (unpaired) electrons. The van der Waals surface area contributed by atoms with Gasteiger partial charge in [-0.1, -0.05) is 36.4 Å². The fourth-order valence-electron chi connectivity index (χ4n) is 2.10. The first-order valence-electron chi connectivity index (χ1n) is 6.08. The summed E-state index contributed by atoms with van der Waals surface area (Å²) in [4.78, 5) is 13.8. The molecule has 0 unspecified atom stereocenters. The van der Waals surface area contributed by atoms with Crippen molar-refractivity contribution in [3.63, 3.8) is 0 Å². The lowest BCUT2D eigenvalue weighted by Crippen LogP contribution is -2.35. The van der Waals surface area contributed by atoms with Crippen LogP contribution in [0, 0.1) is 0 Å². The maximum Gasteiger partial charge on any atom is 0.244 e. The van der Waals surface area contributed by atoms with E-state index in [9.17, 15) is 4.79 Å². The van der Waals surface area contributed by atoms with Crippen LogP contribution in [0.4, 0.5) is 5.69 Å². The van der Waals surface area contributed by atoms with Crippen molar-refractivity contribution in [2.45, 2.75) is 19.2 Å². The first-order chi connectivity index (χ1) is 8.65. The fraction of sp³-hybridized carbons (Fsp3) is 0.267. The van der Waals surface area contributed by atoms with Crippen LogP contribution in [0.25, 0.3) is 10.8 Å². The molecule has 0 aliphatic rings. The van der Waals surface area contributed by atoms with Crippen LogP contribution < -0.4 is 4.90 Å². The summed E-state index contributed by atoms with van der Waals surface area (Å²) in [5.74, 6) is -0.0597. The molecule has 0 aromatic heterocycles. The Kier molecular flexibility index (Phi) is 3.87. The molecule has 94 valence electrons. The summed E-state index contributed by atoms with van der Waals surface area (Å²) in [6.07, 6.45) is 0. The van der Waals surface area contributed by atoms with Crippen LogP contribution in [-0.4, -0.2) is 17.8 Å². The molecule has 3 heteroatoms. The molecule has 0 spiro atoms. The van der Waals surface area contributed by atoms with E-state index < -0.39 is 5.38 Å². The van der Waals surface area contributed by atoms with Gasteiger partial charge in [-0.05, 0) is 25.3 Å². The van der Waals surface area contributed by atoms with Gasteiger partial charge in [0.25, 0.3) is 0 Å². The Morgan fingerprint density at radius 1 is 1.22 bits per heavy atom. The number of amides is 1. The van der Waals surface area contributed by atoms with Crippen LogP contribution in [-0.2, 0) is 4.79 Å². The number of hydrogen-bond acceptors (Lipinski definition) is 1. The molecule has 0 fully saturated rings. The van der Waals surface area contributed by atoms with Crippen molar-refractivity contribution >= 4 is 34.0 Å². The minimum Gasteiger partial charge on any atom is -0.311 e. The largest absolute Gasteiger partial charge is 0.311 e. The van der Waals surface area contributed by atoms with Gasteiger partial charge in [0, 0.05) is 11.9 Å². The molecule has 1 amide bonds. The maximum atomic E-state index is 12.1. The van der Waals surface area contributed by atoms with Gasteiger partial charge < -0.3 is 4.90 Å². The molecule has 2 aromatic rings. The van der Waals surface area contributed by atoms with Gasteiger partial charge in [0.1, 0.15) is 5.38 Å². The third kappa shape index (κ3) is 2.34. The fourth-order valence-corrected chi connectivity index (χ4v) is 2.22. The number of rotatable bonds is 3. The van der Waals surface area contributed by atoms with E-state index in [1.165, 1.54) is 0 Å². The van der Waals surface area contributed by atoms with Gasteiger partial charge in [-0.3, -0.25) is 4.79 Å². The van der Waals surface area contributed by atoms with Crippen molar-refractivity contribution in [2.75, 3.05) is 11.4 Å². The molecular weight excluding hydrogens is 246 g/mol. The predicted octanol–water partition coefficient (Wildman–Crippen LogP) is 3.82. The molecule has 0 aliphatic heterocycles. The van der Waals surface area contributed by atoms with Crippen LogP contribution in [0.3, 0.4) is 0 Å². The molecule has 18 heavy (non-hydrogen) atoms. The van der Waals surface area contributed by atoms with Gasteiger partial charge >= 0.3 is 0 Å². The summed E-state index contributed by atoms with van der Waals surface area (Å²) in [6.45, 7) is 4.28. The van der Waals surface area contributed by atoms with Crippen molar-refractivity contribution in [2.24, 2.45) is 0 Å².